The molecule has 3 rings (SSSR count). The van der Waals surface area contributed by atoms with Crippen LogP contribution in [0.4, 0.5) is 0 Å². The lowest BCUT2D eigenvalue weighted by molar-refractivity contribution is -0.0810. The van der Waals surface area contributed by atoms with Gasteiger partial charge in [0.1, 0.15) is 5.69 Å². The fourth-order valence-corrected chi connectivity index (χ4v) is 3.44. The molecule has 4 atom stereocenters. The fourth-order valence-electron chi connectivity index (χ4n) is 3.44. The first-order valence-corrected chi connectivity index (χ1v) is 7.34. The van der Waals surface area contributed by atoms with E-state index in [9.17, 15) is 4.79 Å². The van der Waals surface area contributed by atoms with Crippen LogP contribution in [0, 0.1) is 11.8 Å². The van der Waals surface area contributed by atoms with Gasteiger partial charge in [0.15, 0.2) is 0 Å². The summed E-state index contributed by atoms with van der Waals surface area (Å²) in [7, 11) is 1.69. The highest BCUT2D eigenvalue weighted by Crippen LogP contribution is 2.43. The molecule has 1 saturated carbocycles. The van der Waals surface area contributed by atoms with Crippen LogP contribution in [0.2, 0.25) is 0 Å². The number of methoxy groups -OCH3 is 1. The lowest BCUT2D eigenvalue weighted by atomic mass is 9.67. The van der Waals surface area contributed by atoms with Gasteiger partial charge in [-0.2, -0.15) is 0 Å². The Kier molecular flexibility index (Phi) is 3.81. The van der Waals surface area contributed by atoms with Crippen LogP contribution in [-0.2, 0) is 15.9 Å². The minimum absolute atomic E-state index is 0.0267. The number of carbonyl (C=O) groups is 1. The summed E-state index contributed by atoms with van der Waals surface area (Å²) >= 11 is 0. The number of ether oxygens (including phenoxy) is 2. The molecule has 2 N–H and O–H groups in total. The third kappa shape index (κ3) is 2.25. The second-order valence-electron chi connectivity index (χ2n) is 5.66. The van der Waals surface area contributed by atoms with Crippen molar-refractivity contribution >= 4 is 5.91 Å². The summed E-state index contributed by atoms with van der Waals surface area (Å²) < 4.78 is 11.0. The molecule has 0 spiro atoms. The van der Waals surface area contributed by atoms with Crippen LogP contribution in [-0.4, -0.2) is 43.4 Å². The Hall–Kier alpha value is -1.33. The summed E-state index contributed by atoms with van der Waals surface area (Å²) in [5, 5.41) is 3.15. The van der Waals surface area contributed by atoms with Crippen LogP contribution in [0.5, 0.6) is 0 Å². The first kappa shape index (κ1) is 13.6. The Labute approximate surface area is 119 Å². The van der Waals surface area contributed by atoms with E-state index in [0.717, 1.165) is 25.1 Å². The molecule has 2 heterocycles. The molecule has 0 unspecified atom stereocenters. The Morgan fingerprint density at radius 1 is 1.55 bits per heavy atom. The summed E-state index contributed by atoms with van der Waals surface area (Å²) in [6, 6.07) is 3.98. The van der Waals surface area contributed by atoms with E-state index < -0.39 is 0 Å². The number of aryl methyl sites for hydroxylation is 1. The molecule has 1 saturated heterocycles. The monoisotopic (exact) mass is 278 g/mol. The lowest BCUT2D eigenvalue weighted by Crippen LogP contribution is -2.62. The maximum Gasteiger partial charge on any atom is 0.267 e. The van der Waals surface area contributed by atoms with Gasteiger partial charge in [0.05, 0.1) is 12.7 Å². The number of aromatic nitrogens is 1. The smallest absolute Gasteiger partial charge is 0.267 e. The molecule has 0 aromatic carbocycles. The third-order valence-electron chi connectivity index (χ3n) is 4.56. The van der Waals surface area contributed by atoms with Crippen molar-refractivity contribution in [3.63, 3.8) is 0 Å². The number of aromatic amines is 1. The van der Waals surface area contributed by atoms with Crippen LogP contribution < -0.4 is 5.32 Å². The topological polar surface area (TPSA) is 63.4 Å². The van der Waals surface area contributed by atoms with Crippen molar-refractivity contribution in [3.05, 3.63) is 23.5 Å². The van der Waals surface area contributed by atoms with Crippen LogP contribution in [0.1, 0.15) is 29.5 Å². The SMILES string of the molecule is CCc1ccc(C(=O)N[C@H]2[C@@H](COC)[C@H]3OCC[C@@H]23)[nH]1. The van der Waals surface area contributed by atoms with Gasteiger partial charge in [-0.3, -0.25) is 4.79 Å². The zero-order chi connectivity index (χ0) is 14.1. The van der Waals surface area contributed by atoms with Gasteiger partial charge < -0.3 is 19.8 Å². The highest BCUT2D eigenvalue weighted by molar-refractivity contribution is 5.92. The van der Waals surface area contributed by atoms with Gasteiger partial charge in [-0.25, -0.2) is 0 Å². The molecule has 1 aromatic heterocycles. The third-order valence-corrected chi connectivity index (χ3v) is 4.56. The van der Waals surface area contributed by atoms with E-state index in [-0.39, 0.29) is 24.0 Å². The quantitative estimate of drug-likeness (QED) is 0.854. The molecular formula is C15H22N2O3. The van der Waals surface area contributed by atoms with E-state index in [1.807, 2.05) is 12.1 Å². The number of amides is 1. The van der Waals surface area contributed by atoms with Crippen molar-refractivity contribution in [2.75, 3.05) is 20.3 Å². The number of nitrogens with one attached hydrogen (secondary N) is 2. The van der Waals surface area contributed by atoms with E-state index in [2.05, 4.69) is 17.2 Å². The van der Waals surface area contributed by atoms with Crippen LogP contribution >= 0.6 is 0 Å². The summed E-state index contributed by atoms with van der Waals surface area (Å²) in [6.07, 6.45) is 2.19. The van der Waals surface area contributed by atoms with Gasteiger partial charge >= 0.3 is 0 Å². The van der Waals surface area contributed by atoms with Gasteiger partial charge in [0, 0.05) is 37.3 Å². The average Bonchev–Trinajstić information content (AvgIpc) is 3.09. The minimum atomic E-state index is -0.0267. The minimum Gasteiger partial charge on any atom is -0.384 e. The normalized spacial score (nSPS) is 31.7. The fraction of sp³-hybridized carbons (Fsp3) is 0.667. The summed E-state index contributed by atoms with van der Waals surface area (Å²) in [5.41, 5.74) is 1.72. The second-order valence-corrected chi connectivity index (χ2v) is 5.66. The van der Waals surface area contributed by atoms with Gasteiger partial charge in [0.2, 0.25) is 0 Å². The molecule has 5 nitrogen and oxygen atoms in total. The zero-order valence-corrected chi connectivity index (χ0v) is 12.0. The number of H-pyrrole nitrogens is 1. The lowest BCUT2D eigenvalue weighted by Gasteiger charge is -2.47. The van der Waals surface area contributed by atoms with Crippen LogP contribution in [0.3, 0.4) is 0 Å². The van der Waals surface area contributed by atoms with Crippen molar-refractivity contribution in [2.45, 2.75) is 31.9 Å². The Morgan fingerprint density at radius 3 is 3.10 bits per heavy atom. The van der Waals surface area contributed by atoms with Crippen LogP contribution in [0.25, 0.3) is 0 Å². The first-order chi connectivity index (χ1) is 9.74. The maximum absolute atomic E-state index is 12.3. The average molecular weight is 278 g/mol. The van der Waals surface area contributed by atoms with Gasteiger partial charge in [-0.15, -0.1) is 0 Å². The number of fused-ring (bicyclic) bond motifs is 1. The first-order valence-electron chi connectivity index (χ1n) is 7.34. The number of hydrogen-bond acceptors (Lipinski definition) is 3. The second kappa shape index (κ2) is 5.58. The van der Waals surface area contributed by atoms with E-state index in [0.29, 0.717) is 18.2 Å². The maximum atomic E-state index is 12.3. The van der Waals surface area contributed by atoms with E-state index in [1.165, 1.54) is 0 Å². The highest BCUT2D eigenvalue weighted by Gasteiger charge is 2.54. The molecule has 1 amide bonds. The van der Waals surface area contributed by atoms with E-state index in [1.54, 1.807) is 7.11 Å². The zero-order valence-electron chi connectivity index (χ0n) is 12.0. The summed E-state index contributed by atoms with van der Waals surface area (Å²) in [4.78, 5) is 15.4. The van der Waals surface area contributed by atoms with Gasteiger partial charge in [0.25, 0.3) is 5.91 Å². The summed E-state index contributed by atoms with van der Waals surface area (Å²) in [6.45, 7) is 3.50. The van der Waals surface area contributed by atoms with Crippen molar-refractivity contribution in [2.24, 2.45) is 11.8 Å². The predicted molar refractivity (Wildman–Crippen MR) is 74.6 cm³/mol. The molecule has 5 heteroatoms. The van der Waals surface area contributed by atoms with Crippen molar-refractivity contribution in [1.82, 2.24) is 10.3 Å². The molecular weight excluding hydrogens is 256 g/mol. The highest BCUT2D eigenvalue weighted by atomic mass is 16.5. The van der Waals surface area contributed by atoms with Crippen LogP contribution in [0.15, 0.2) is 12.1 Å². The van der Waals surface area contributed by atoms with Gasteiger partial charge in [-0.1, -0.05) is 6.92 Å². The molecule has 0 radical (unpaired) electrons. The largest absolute Gasteiger partial charge is 0.384 e. The van der Waals surface area contributed by atoms with Gasteiger partial charge in [-0.05, 0) is 25.0 Å². The van der Waals surface area contributed by atoms with Crippen molar-refractivity contribution < 1.29 is 14.3 Å². The Morgan fingerprint density at radius 2 is 2.40 bits per heavy atom. The molecule has 20 heavy (non-hydrogen) atoms. The molecule has 1 aliphatic carbocycles. The van der Waals surface area contributed by atoms with Crippen molar-refractivity contribution in [1.29, 1.82) is 0 Å². The molecule has 2 aliphatic rings. The van der Waals surface area contributed by atoms with Crippen molar-refractivity contribution in [3.8, 4) is 0 Å². The molecule has 1 aromatic rings. The number of hydrogen-bond donors (Lipinski definition) is 2. The molecule has 1 aliphatic heterocycles. The number of carbonyl (C=O) groups excluding carboxylic acids is 1. The summed E-state index contributed by atoms with van der Waals surface area (Å²) in [5.74, 6) is 0.693. The predicted octanol–water partition coefficient (Wildman–Crippen LogP) is 1.36. The van der Waals surface area contributed by atoms with E-state index >= 15 is 0 Å². The standard InChI is InChI=1S/C15H22N2O3/c1-3-9-4-5-12(16-9)15(18)17-13-10-6-7-20-14(10)11(13)8-19-2/h4-5,10-11,13-14,16H,3,6-8H2,1-2H3,(H,17,18)/t10-,11+,13+,14-/m0/s1. The molecule has 110 valence electrons. The number of rotatable bonds is 5. The van der Waals surface area contributed by atoms with E-state index in [4.69, 9.17) is 9.47 Å². The molecule has 0 bridgehead atoms. The molecule has 2 fully saturated rings. The Bertz CT molecular complexity index is 485. The Balaban J connectivity index is 1.65.